The second-order valence-corrected chi connectivity index (χ2v) is 9.16. The van der Waals surface area contributed by atoms with Gasteiger partial charge in [-0.15, -0.1) is 0 Å². The van der Waals surface area contributed by atoms with Crippen LogP contribution in [0, 0.1) is 5.92 Å². The molecule has 3 aliphatic rings. The van der Waals surface area contributed by atoms with E-state index in [-0.39, 0.29) is 17.7 Å². The summed E-state index contributed by atoms with van der Waals surface area (Å²) >= 11 is 1.64. The summed E-state index contributed by atoms with van der Waals surface area (Å²) in [5, 5.41) is 4.02. The molecule has 3 fully saturated rings. The minimum absolute atomic E-state index is 0.0592. The molecule has 1 N–H and O–H groups in total. The Hall–Kier alpha value is -2.19. The first-order valence-corrected chi connectivity index (χ1v) is 11.3. The van der Waals surface area contributed by atoms with Crippen molar-refractivity contribution in [3.05, 3.63) is 18.2 Å². The maximum atomic E-state index is 12.8. The van der Waals surface area contributed by atoms with Gasteiger partial charge in [-0.3, -0.25) is 9.59 Å². The molecule has 2 aromatic rings. The number of carbonyl (C=O) groups excluding carboxylic acids is 2. The van der Waals surface area contributed by atoms with Crippen molar-refractivity contribution in [1.29, 1.82) is 0 Å². The second-order valence-electron chi connectivity index (χ2n) is 8.15. The molecule has 5 rings (SSSR count). The molecule has 2 amide bonds. The molecule has 8 heteroatoms. The van der Waals surface area contributed by atoms with E-state index in [1.54, 1.807) is 11.3 Å². The maximum absolute atomic E-state index is 12.8. The highest BCUT2D eigenvalue weighted by atomic mass is 32.1. The Morgan fingerprint density at radius 2 is 2.00 bits per heavy atom. The van der Waals surface area contributed by atoms with Gasteiger partial charge in [0.15, 0.2) is 5.13 Å². The summed E-state index contributed by atoms with van der Waals surface area (Å²) in [5.74, 6) is -0.189. The number of likely N-dealkylation sites (tertiary alicyclic amines) is 1. The number of nitrogens with zero attached hydrogens (tertiary/aromatic N) is 3. The topological polar surface area (TPSA) is 74.8 Å². The minimum atomic E-state index is -0.260. The van der Waals surface area contributed by atoms with Gasteiger partial charge in [0.1, 0.15) is 0 Å². The zero-order valence-corrected chi connectivity index (χ0v) is 17.2. The first-order chi connectivity index (χ1) is 14.2. The maximum Gasteiger partial charge on any atom is 0.229 e. The Morgan fingerprint density at radius 1 is 1.21 bits per heavy atom. The van der Waals surface area contributed by atoms with E-state index in [0.29, 0.717) is 19.0 Å². The highest BCUT2D eigenvalue weighted by molar-refractivity contribution is 7.22. The van der Waals surface area contributed by atoms with Crippen LogP contribution in [0.25, 0.3) is 10.2 Å². The molecule has 1 atom stereocenters. The van der Waals surface area contributed by atoms with E-state index in [2.05, 4.69) is 10.2 Å². The third kappa shape index (κ3) is 3.83. The Balaban J connectivity index is 1.26. The second kappa shape index (κ2) is 7.91. The predicted octanol–water partition coefficient (Wildman–Crippen LogP) is 2.86. The molecule has 154 valence electrons. The molecule has 0 radical (unpaired) electrons. The number of thiazole rings is 1. The number of morpholine rings is 1. The number of benzene rings is 1. The van der Waals surface area contributed by atoms with Gasteiger partial charge in [-0.1, -0.05) is 24.2 Å². The summed E-state index contributed by atoms with van der Waals surface area (Å²) in [4.78, 5) is 34.1. The molecule has 1 aliphatic carbocycles. The van der Waals surface area contributed by atoms with Crippen molar-refractivity contribution in [3.63, 3.8) is 0 Å². The van der Waals surface area contributed by atoms with Crippen LogP contribution >= 0.6 is 11.3 Å². The van der Waals surface area contributed by atoms with Crippen LogP contribution in [-0.2, 0) is 14.3 Å². The Morgan fingerprint density at radius 3 is 2.79 bits per heavy atom. The summed E-state index contributed by atoms with van der Waals surface area (Å²) in [6, 6.07) is 6.18. The number of anilines is 2. The van der Waals surface area contributed by atoms with E-state index in [1.807, 2.05) is 23.1 Å². The van der Waals surface area contributed by atoms with Gasteiger partial charge in [0.2, 0.25) is 11.8 Å². The van der Waals surface area contributed by atoms with Crippen LogP contribution in [0.5, 0.6) is 0 Å². The molecule has 2 aliphatic heterocycles. The van der Waals surface area contributed by atoms with Gasteiger partial charge in [-0.25, -0.2) is 4.98 Å². The quantitative estimate of drug-likeness (QED) is 0.833. The van der Waals surface area contributed by atoms with E-state index in [9.17, 15) is 9.59 Å². The van der Waals surface area contributed by atoms with Gasteiger partial charge in [-0.05, 0) is 31.0 Å². The fourth-order valence-corrected chi connectivity index (χ4v) is 5.66. The van der Waals surface area contributed by atoms with Gasteiger partial charge in [0.05, 0.1) is 29.3 Å². The van der Waals surface area contributed by atoms with Crippen LogP contribution in [0.2, 0.25) is 0 Å². The highest BCUT2D eigenvalue weighted by Crippen LogP contribution is 2.32. The summed E-state index contributed by atoms with van der Waals surface area (Å²) < 4.78 is 6.47. The fourth-order valence-electron chi connectivity index (χ4n) is 4.60. The van der Waals surface area contributed by atoms with Crippen LogP contribution in [0.4, 0.5) is 10.8 Å². The standard InChI is InChI=1S/C21H26N4O3S/c26-19-11-14(13-25(19)16-3-1-2-4-16)20(27)22-15-5-6-17-18(12-15)29-21(23-17)24-7-9-28-10-8-24/h5-6,12,14,16H,1-4,7-11,13H2,(H,22,27)/t14-/m0/s1. The number of fused-ring (bicyclic) bond motifs is 1. The average molecular weight is 415 g/mol. The highest BCUT2D eigenvalue weighted by Gasteiger charge is 2.38. The lowest BCUT2D eigenvalue weighted by molar-refractivity contribution is -0.129. The first kappa shape index (κ1) is 18.8. The zero-order chi connectivity index (χ0) is 19.8. The molecule has 3 heterocycles. The lowest BCUT2D eigenvalue weighted by atomic mass is 10.1. The van der Waals surface area contributed by atoms with Crippen molar-refractivity contribution >= 4 is 44.2 Å². The van der Waals surface area contributed by atoms with Crippen molar-refractivity contribution in [2.24, 2.45) is 5.92 Å². The van der Waals surface area contributed by atoms with Crippen LogP contribution in [0.1, 0.15) is 32.1 Å². The smallest absolute Gasteiger partial charge is 0.229 e. The van der Waals surface area contributed by atoms with E-state index in [0.717, 1.165) is 60.2 Å². The number of hydrogen-bond acceptors (Lipinski definition) is 6. The summed E-state index contributed by atoms with van der Waals surface area (Å²) in [6.45, 7) is 3.73. The Kier molecular flexibility index (Phi) is 5.13. The molecule has 7 nitrogen and oxygen atoms in total. The zero-order valence-electron chi connectivity index (χ0n) is 16.4. The number of nitrogens with one attached hydrogen (secondary N) is 1. The van der Waals surface area contributed by atoms with Crippen LogP contribution < -0.4 is 10.2 Å². The van der Waals surface area contributed by atoms with Gasteiger partial charge < -0.3 is 19.9 Å². The van der Waals surface area contributed by atoms with Crippen LogP contribution in [-0.4, -0.2) is 60.6 Å². The molecule has 0 spiro atoms. The van der Waals surface area contributed by atoms with E-state index < -0.39 is 0 Å². The van der Waals surface area contributed by atoms with E-state index >= 15 is 0 Å². The van der Waals surface area contributed by atoms with Crippen LogP contribution in [0.15, 0.2) is 18.2 Å². The van der Waals surface area contributed by atoms with Crippen molar-refractivity contribution in [1.82, 2.24) is 9.88 Å². The van der Waals surface area contributed by atoms with Crippen molar-refractivity contribution in [2.75, 3.05) is 43.1 Å². The Labute approximate surface area is 174 Å². The SMILES string of the molecule is O=C(Nc1ccc2nc(N3CCOCC3)sc2c1)[C@H]1CC(=O)N(C2CCCC2)C1. The number of hydrogen-bond donors (Lipinski definition) is 1. The third-order valence-corrected chi connectivity index (χ3v) is 7.30. The van der Waals surface area contributed by atoms with Crippen molar-refractivity contribution in [3.8, 4) is 0 Å². The largest absolute Gasteiger partial charge is 0.378 e. The molecular weight excluding hydrogens is 388 g/mol. The molecule has 0 bridgehead atoms. The van der Waals surface area contributed by atoms with Crippen molar-refractivity contribution < 1.29 is 14.3 Å². The molecule has 29 heavy (non-hydrogen) atoms. The number of rotatable bonds is 4. The first-order valence-electron chi connectivity index (χ1n) is 10.5. The van der Waals surface area contributed by atoms with E-state index in [1.165, 1.54) is 12.8 Å². The van der Waals surface area contributed by atoms with Gasteiger partial charge in [0, 0.05) is 37.8 Å². The lowest BCUT2D eigenvalue weighted by Gasteiger charge is -2.25. The average Bonchev–Trinajstić information content (AvgIpc) is 3.47. The van der Waals surface area contributed by atoms with Crippen LogP contribution in [0.3, 0.4) is 0 Å². The number of carbonyl (C=O) groups is 2. The van der Waals surface area contributed by atoms with Crippen molar-refractivity contribution in [2.45, 2.75) is 38.1 Å². The summed E-state index contributed by atoms with van der Waals surface area (Å²) in [5.41, 5.74) is 1.71. The molecule has 1 aromatic carbocycles. The molecule has 1 saturated carbocycles. The van der Waals surface area contributed by atoms with Gasteiger partial charge >= 0.3 is 0 Å². The fraction of sp³-hybridized carbons (Fsp3) is 0.571. The monoisotopic (exact) mass is 414 g/mol. The molecular formula is C21H26N4O3S. The predicted molar refractivity (Wildman–Crippen MR) is 113 cm³/mol. The summed E-state index contributed by atoms with van der Waals surface area (Å²) in [7, 11) is 0. The lowest BCUT2D eigenvalue weighted by Crippen LogP contribution is -2.36. The number of amides is 2. The molecule has 2 saturated heterocycles. The normalized spacial score (nSPS) is 23.3. The summed E-state index contributed by atoms with van der Waals surface area (Å²) in [6.07, 6.45) is 4.85. The number of ether oxygens (including phenoxy) is 1. The van der Waals surface area contributed by atoms with Gasteiger partial charge in [0.25, 0.3) is 0 Å². The van der Waals surface area contributed by atoms with Gasteiger partial charge in [-0.2, -0.15) is 0 Å². The minimum Gasteiger partial charge on any atom is -0.378 e. The Bertz CT molecular complexity index is 918. The molecule has 1 aromatic heterocycles. The van der Waals surface area contributed by atoms with E-state index in [4.69, 9.17) is 9.72 Å². The molecule has 0 unspecified atom stereocenters. The number of aromatic nitrogens is 1. The third-order valence-electron chi connectivity index (χ3n) is 6.22.